The Balaban J connectivity index is 1.65. The number of benzene rings is 2. The summed E-state index contributed by atoms with van der Waals surface area (Å²) in [6.45, 7) is 3.14. The van der Waals surface area contributed by atoms with E-state index in [2.05, 4.69) is 6.08 Å². The van der Waals surface area contributed by atoms with E-state index in [-0.39, 0.29) is 17.7 Å². The summed E-state index contributed by atoms with van der Waals surface area (Å²) in [7, 11) is 0. The molecular formula is C21H18N2O3. The minimum atomic E-state index is -0.328. The first kappa shape index (κ1) is 16.3. The number of hydrogen-bond donors (Lipinski definition) is 0. The summed E-state index contributed by atoms with van der Waals surface area (Å²) >= 11 is 0. The van der Waals surface area contributed by atoms with Crippen molar-refractivity contribution in [3.05, 3.63) is 76.9 Å². The van der Waals surface area contributed by atoms with Gasteiger partial charge in [0.15, 0.2) is 0 Å². The van der Waals surface area contributed by atoms with Crippen molar-refractivity contribution in [2.75, 3.05) is 18.0 Å². The lowest BCUT2D eigenvalue weighted by Gasteiger charge is -2.24. The molecule has 0 spiro atoms. The quantitative estimate of drug-likeness (QED) is 0.620. The van der Waals surface area contributed by atoms with Crippen LogP contribution in [0, 0.1) is 6.92 Å². The van der Waals surface area contributed by atoms with E-state index in [4.69, 9.17) is 0 Å². The molecule has 2 aromatic rings. The van der Waals surface area contributed by atoms with E-state index in [1.54, 1.807) is 47.4 Å². The topological polar surface area (TPSA) is 57.7 Å². The van der Waals surface area contributed by atoms with E-state index in [1.165, 1.54) is 4.90 Å². The third-order valence-corrected chi connectivity index (χ3v) is 4.84. The number of nitrogens with zero attached hydrogens (tertiary/aromatic N) is 2. The Morgan fingerprint density at radius 3 is 2.23 bits per heavy atom. The van der Waals surface area contributed by atoms with Crippen LogP contribution in [-0.2, 0) is 0 Å². The van der Waals surface area contributed by atoms with E-state index in [9.17, 15) is 14.4 Å². The molecule has 0 saturated carbocycles. The van der Waals surface area contributed by atoms with E-state index >= 15 is 0 Å². The lowest BCUT2D eigenvalue weighted by molar-refractivity contribution is 0.0770. The Morgan fingerprint density at radius 1 is 0.962 bits per heavy atom. The predicted molar refractivity (Wildman–Crippen MR) is 98.4 cm³/mol. The summed E-state index contributed by atoms with van der Waals surface area (Å²) in [5.74, 6) is -0.684. The number of carbonyl (C=O) groups excluding carboxylic acids is 3. The average molecular weight is 346 g/mol. The first-order valence-electron chi connectivity index (χ1n) is 8.60. The van der Waals surface area contributed by atoms with Crippen LogP contribution in [0.3, 0.4) is 0 Å². The minimum absolute atomic E-state index is 0.0271. The number of amides is 3. The van der Waals surface area contributed by atoms with Crippen LogP contribution in [0.2, 0.25) is 0 Å². The van der Waals surface area contributed by atoms with Crippen LogP contribution in [0.15, 0.2) is 54.6 Å². The van der Waals surface area contributed by atoms with Gasteiger partial charge in [0.05, 0.1) is 16.8 Å². The summed E-state index contributed by atoms with van der Waals surface area (Å²) in [5, 5.41) is 0. The molecular weight excluding hydrogens is 328 g/mol. The van der Waals surface area contributed by atoms with Gasteiger partial charge in [-0.3, -0.25) is 14.4 Å². The molecule has 0 fully saturated rings. The van der Waals surface area contributed by atoms with Gasteiger partial charge >= 0.3 is 0 Å². The van der Waals surface area contributed by atoms with Crippen LogP contribution in [0.25, 0.3) is 0 Å². The van der Waals surface area contributed by atoms with Crippen LogP contribution < -0.4 is 4.90 Å². The number of aryl methyl sites for hydroxylation is 1. The van der Waals surface area contributed by atoms with E-state index in [0.717, 1.165) is 12.0 Å². The molecule has 0 saturated heterocycles. The number of anilines is 1. The van der Waals surface area contributed by atoms with Gasteiger partial charge in [0.2, 0.25) is 0 Å². The van der Waals surface area contributed by atoms with Crippen molar-refractivity contribution in [2.24, 2.45) is 0 Å². The Bertz CT molecular complexity index is 926. The highest BCUT2D eigenvalue weighted by atomic mass is 16.2. The predicted octanol–water partition coefficient (Wildman–Crippen LogP) is 3.20. The molecule has 2 aromatic carbocycles. The van der Waals surface area contributed by atoms with Gasteiger partial charge in [0, 0.05) is 18.7 Å². The van der Waals surface area contributed by atoms with Gasteiger partial charge < -0.3 is 4.90 Å². The summed E-state index contributed by atoms with van der Waals surface area (Å²) in [5.41, 5.74) is 2.66. The first-order valence-corrected chi connectivity index (χ1v) is 8.60. The van der Waals surface area contributed by atoms with Gasteiger partial charge in [-0.15, -0.1) is 0 Å². The molecule has 4 rings (SSSR count). The van der Waals surface area contributed by atoms with E-state index in [0.29, 0.717) is 35.5 Å². The zero-order valence-corrected chi connectivity index (χ0v) is 14.4. The average Bonchev–Trinajstić information content (AvgIpc) is 2.93. The van der Waals surface area contributed by atoms with Crippen LogP contribution in [0.5, 0.6) is 0 Å². The zero-order chi connectivity index (χ0) is 18.3. The molecule has 0 radical (unpaired) electrons. The second-order valence-electron chi connectivity index (χ2n) is 6.50. The van der Waals surface area contributed by atoms with E-state index < -0.39 is 0 Å². The van der Waals surface area contributed by atoms with Crippen LogP contribution in [0.1, 0.15) is 43.1 Å². The van der Waals surface area contributed by atoms with Crippen molar-refractivity contribution in [2.45, 2.75) is 13.3 Å². The highest BCUT2D eigenvalue weighted by Gasteiger charge is 2.36. The second kappa shape index (κ2) is 6.26. The minimum Gasteiger partial charge on any atom is -0.335 e. The number of imide groups is 1. The zero-order valence-electron chi connectivity index (χ0n) is 14.4. The highest BCUT2D eigenvalue weighted by Crippen LogP contribution is 2.29. The molecule has 2 aliphatic heterocycles. The van der Waals surface area contributed by atoms with Crippen LogP contribution in [0.4, 0.5) is 5.69 Å². The lowest BCUT2D eigenvalue weighted by Crippen LogP contribution is -2.34. The standard InChI is InChI=1S/C21H18N2O3/c1-14-13-15(9-10-16(14)19(24)22-11-5-2-6-12-22)23-20(25)17-7-3-4-8-18(17)21(23)26/h2-5,7-10,13H,6,11-12H2,1H3. The van der Waals surface area contributed by atoms with Crippen molar-refractivity contribution in [3.63, 3.8) is 0 Å². The first-order chi connectivity index (χ1) is 12.6. The Morgan fingerprint density at radius 2 is 1.65 bits per heavy atom. The summed E-state index contributed by atoms with van der Waals surface area (Å²) in [4.78, 5) is 40.9. The molecule has 0 aliphatic carbocycles. The molecule has 0 bridgehead atoms. The fourth-order valence-corrected chi connectivity index (χ4v) is 3.45. The molecule has 5 heteroatoms. The fourth-order valence-electron chi connectivity index (χ4n) is 3.45. The van der Waals surface area contributed by atoms with Gasteiger partial charge in [-0.1, -0.05) is 24.3 Å². The molecule has 26 heavy (non-hydrogen) atoms. The molecule has 130 valence electrons. The molecule has 5 nitrogen and oxygen atoms in total. The third kappa shape index (κ3) is 2.52. The molecule has 0 unspecified atom stereocenters. The maximum Gasteiger partial charge on any atom is 0.266 e. The summed E-state index contributed by atoms with van der Waals surface area (Å²) in [6, 6.07) is 11.9. The maximum atomic E-state index is 12.7. The Hall–Kier alpha value is -3.21. The molecule has 0 N–H and O–H groups in total. The smallest absolute Gasteiger partial charge is 0.266 e. The molecule has 0 atom stereocenters. The third-order valence-electron chi connectivity index (χ3n) is 4.84. The number of rotatable bonds is 2. The molecule has 2 heterocycles. The number of fused-ring (bicyclic) bond motifs is 1. The van der Waals surface area contributed by atoms with Crippen LogP contribution >= 0.6 is 0 Å². The van der Waals surface area contributed by atoms with Crippen molar-refractivity contribution < 1.29 is 14.4 Å². The molecule has 3 amide bonds. The van der Waals surface area contributed by atoms with Gasteiger partial charge in [0.1, 0.15) is 0 Å². The van der Waals surface area contributed by atoms with Crippen molar-refractivity contribution >= 4 is 23.4 Å². The maximum absolute atomic E-state index is 12.7. The summed E-state index contributed by atoms with van der Waals surface area (Å²) in [6.07, 6.45) is 4.92. The second-order valence-corrected chi connectivity index (χ2v) is 6.50. The largest absolute Gasteiger partial charge is 0.335 e. The normalized spacial score (nSPS) is 16.2. The monoisotopic (exact) mass is 346 g/mol. The number of hydrogen-bond acceptors (Lipinski definition) is 3. The highest BCUT2D eigenvalue weighted by molar-refractivity contribution is 6.34. The Labute approximate surface area is 151 Å². The molecule has 0 aromatic heterocycles. The number of carbonyl (C=O) groups is 3. The van der Waals surface area contributed by atoms with Crippen molar-refractivity contribution in [1.29, 1.82) is 0 Å². The van der Waals surface area contributed by atoms with Crippen molar-refractivity contribution in [3.8, 4) is 0 Å². The molecule has 2 aliphatic rings. The van der Waals surface area contributed by atoms with Gasteiger partial charge in [-0.25, -0.2) is 4.90 Å². The SMILES string of the molecule is Cc1cc(N2C(=O)c3ccccc3C2=O)ccc1C(=O)N1CC=CCC1. The van der Waals surface area contributed by atoms with Crippen LogP contribution in [-0.4, -0.2) is 35.7 Å². The van der Waals surface area contributed by atoms with Gasteiger partial charge in [-0.2, -0.15) is 0 Å². The Kier molecular flexibility index (Phi) is 3.92. The fraction of sp³-hybridized carbons (Fsp3) is 0.190. The lowest BCUT2D eigenvalue weighted by atomic mass is 10.1. The van der Waals surface area contributed by atoms with Gasteiger partial charge in [-0.05, 0) is 49.2 Å². The summed E-state index contributed by atoms with van der Waals surface area (Å²) < 4.78 is 0. The van der Waals surface area contributed by atoms with E-state index in [1.807, 2.05) is 13.0 Å². The van der Waals surface area contributed by atoms with Crippen molar-refractivity contribution in [1.82, 2.24) is 4.90 Å². The van der Waals surface area contributed by atoms with Gasteiger partial charge in [0.25, 0.3) is 17.7 Å².